The van der Waals surface area contributed by atoms with Crippen LogP contribution in [0.3, 0.4) is 0 Å². The van der Waals surface area contributed by atoms with E-state index in [0.29, 0.717) is 0 Å². The van der Waals surface area contributed by atoms with Crippen molar-refractivity contribution in [2.75, 3.05) is 0 Å². The summed E-state index contributed by atoms with van der Waals surface area (Å²) in [5.41, 5.74) is 0. The van der Waals surface area contributed by atoms with Crippen LogP contribution in [-0.2, 0) is 25.2 Å². The average Bonchev–Trinajstić information content (AvgIpc) is 0.918. The SMILES string of the molecule is O=C[O-].[NH4+].[Pd]. The van der Waals surface area contributed by atoms with Crippen molar-refractivity contribution < 1.29 is 30.3 Å². The van der Waals surface area contributed by atoms with Gasteiger partial charge in [-0.1, -0.05) is 0 Å². The van der Waals surface area contributed by atoms with Gasteiger partial charge in [0, 0.05) is 26.9 Å². The van der Waals surface area contributed by atoms with Gasteiger partial charge < -0.3 is 16.1 Å². The maximum absolute atomic E-state index is 8.25. The van der Waals surface area contributed by atoms with E-state index in [-0.39, 0.29) is 26.6 Å². The molecule has 0 aliphatic rings. The zero-order valence-corrected chi connectivity index (χ0v) is 4.26. The van der Waals surface area contributed by atoms with Crippen LogP contribution in [0.4, 0.5) is 0 Å². The third-order valence-electron chi connectivity index (χ3n) is 0. The molecule has 5 heavy (non-hydrogen) atoms. The molecule has 0 aliphatic heterocycles. The molecule has 0 aromatic carbocycles. The minimum absolute atomic E-state index is 0. The average molecular weight is 169 g/mol. The van der Waals surface area contributed by atoms with Gasteiger partial charge in [-0.05, 0) is 0 Å². The van der Waals surface area contributed by atoms with Gasteiger partial charge in [0.05, 0.1) is 0 Å². The number of hydrogen-bond acceptors (Lipinski definition) is 2. The zero-order chi connectivity index (χ0) is 2.71. The summed E-state index contributed by atoms with van der Waals surface area (Å²) < 4.78 is 0. The molecule has 0 amide bonds. The standard InChI is InChI=1S/CH2O2.H3N.Pd/c2-1-3;;/h1H,(H,2,3);1H3;. The molecule has 3 nitrogen and oxygen atoms in total. The Kier molecular flexibility index (Phi) is 128. The smallest absolute Gasteiger partial charge is 0.0275 e. The minimum Gasteiger partial charge on any atom is -0.554 e. The summed E-state index contributed by atoms with van der Waals surface area (Å²) >= 11 is 0. The summed E-state index contributed by atoms with van der Waals surface area (Å²) in [5.74, 6) is 0. The van der Waals surface area contributed by atoms with Crippen LogP contribution < -0.4 is 11.3 Å². The summed E-state index contributed by atoms with van der Waals surface area (Å²) in [6.07, 6.45) is 0. The Morgan fingerprint density at radius 3 is 1.60 bits per heavy atom. The molecule has 0 saturated heterocycles. The van der Waals surface area contributed by atoms with Gasteiger partial charge >= 0.3 is 0 Å². The van der Waals surface area contributed by atoms with Gasteiger partial charge in [0.15, 0.2) is 0 Å². The molecule has 0 aliphatic carbocycles. The summed E-state index contributed by atoms with van der Waals surface area (Å²) in [4.78, 5) is 8.25. The first-order valence-electron chi connectivity index (χ1n) is 0.471. The van der Waals surface area contributed by atoms with Gasteiger partial charge in [-0.25, -0.2) is 0 Å². The number of hydrogen-bond donors (Lipinski definition) is 1. The Morgan fingerprint density at radius 1 is 1.60 bits per heavy atom. The summed E-state index contributed by atoms with van der Waals surface area (Å²) in [6.45, 7) is -0.500. The molecule has 0 saturated carbocycles. The zero-order valence-electron chi connectivity index (χ0n) is 2.71. The van der Waals surface area contributed by atoms with Crippen molar-refractivity contribution in [3.63, 3.8) is 0 Å². The van der Waals surface area contributed by atoms with E-state index in [9.17, 15) is 0 Å². The van der Waals surface area contributed by atoms with E-state index >= 15 is 0 Å². The van der Waals surface area contributed by atoms with Crippen molar-refractivity contribution in [1.82, 2.24) is 6.15 Å². The van der Waals surface area contributed by atoms with Gasteiger partial charge in [-0.2, -0.15) is 0 Å². The largest absolute Gasteiger partial charge is 0.554 e. The number of carboxylic acid groups (broad SMARTS) is 1. The third kappa shape index (κ3) is 2100. The van der Waals surface area contributed by atoms with E-state index in [0.717, 1.165) is 0 Å². The molecule has 0 fully saturated rings. The molecule has 0 atom stereocenters. The van der Waals surface area contributed by atoms with Crippen LogP contribution in [0.2, 0.25) is 0 Å². The summed E-state index contributed by atoms with van der Waals surface area (Å²) in [6, 6.07) is 0. The Labute approximate surface area is 43.6 Å². The molecule has 0 spiro atoms. The molecule has 36 valence electrons. The second-order valence-corrected chi connectivity index (χ2v) is 0.0962. The van der Waals surface area contributed by atoms with Crippen LogP contribution in [0.5, 0.6) is 0 Å². The van der Waals surface area contributed by atoms with Gasteiger partial charge in [-0.3, -0.25) is 0 Å². The number of carbonyl (C=O) groups excluding carboxylic acids is 1. The van der Waals surface area contributed by atoms with Crippen molar-refractivity contribution in [2.45, 2.75) is 0 Å². The topological polar surface area (TPSA) is 76.6 Å². The molecule has 0 heterocycles. The van der Waals surface area contributed by atoms with Crippen molar-refractivity contribution in [3.05, 3.63) is 0 Å². The van der Waals surface area contributed by atoms with E-state index in [2.05, 4.69) is 0 Å². The van der Waals surface area contributed by atoms with Gasteiger partial charge in [0.25, 0.3) is 0 Å². The Bertz CT molecular complexity index is 17.1. The predicted octanol–water partition coefficient (Wildman–Crippen LogP) is -1.26. The molecule has 0 bridgehead atoms. The van der Waals surface area contributed by atoms with E-state index < -0.39 is 6.47 Å². The fourth-order valence-corrected chi connectivity index (χ4v) is 0. The molecule has 4 N–H and O–H groups in total. The number of carbonyl (C=O) groups is 1. The van der Waals surface area contributed by atoms with E-state index in [1.54, 1.807) is 0 Å². The summed E-state index contributed by atoms with van der Waals surface area (Å²) in [5, 5.41) is 8.25. The van der Waals surface area contributed by atoms with Crippen molar-refractivity contribution in [1.29, 1.82) is 0 Å². The third-order valence-corrected chi connectivity index (χ3v) is 0. The first-order chi connectivity index (χ1) is 1.41. The minimum atomic E-state index is -0.500. The van der Waals surface area contributed by atoms with Gasteiger partial charge in [0.1, 0.15) is 0 Å². The van der Waals surface area contributed by atoms with E-state index in [1.807, 2.05) is 0 Å². The second-order valence-electron chi connectivity index (χ2n) is 0.0962. The Hall–Kier alpha value is 0.0923. The van der Waals surface area contributed by atoms with Crippen LogP contribution in [-0.4, -0.2) is 6.47 Å². The molecular weight excluding hydrogens is 164 g/mol. The van der Waals surface area contributed by atoms with Crippen LogP contribution in [0.25, 0.3) is 0 Å². The molecule has 0 aromatic heterocycles. The molecule has 0 radical (unpaired) electrons. The first-order valence-corrected chi connectivity index (χ1v) is 0.471. The monoisotopic (exact) mass is 169 g/mol. The van der Waals surface area contributed by atoms with E-state index in [1.165, 1.54) is 0 Å². The van der Waals surface area contributed by atoms with Crippen molar-refractivity contribution in [3.8, 4) is 0 Å². The first kappa shape index (κ1) is 19.5. The van der Waals surface area contributed by atoms with Crippen LogP contribution in [0.1, 0.15) is 0 Å². The van der Waals surface area contributed by atoms with Crippen molar-refractivity contribution >= 4 is 6.47 Å². The Morgan fingerprint density at radius 2 is 1.60 bits per heavy atom. The fourth-order valence-electron chi connectivity index (χ4n) is 0. The van der Waals surface area contributed by atoms with Crippen molar-refractivity contribution in [2.24, 2.45) is 0 Å². The quantitative estimate of drug-likeness (QED) is 0.363. The van der Waals surface area contributed by atoms with Gasteiger partial charge in [0.2, 0.25) is 0 Å². The summed E-state index contributed by atoms with van der Waals surface area (Å²) in [7, 11) is 0. The maximum atomic E-state index is 8.25. The van der Waals surface area contributed by atoms with E-state index in [4.69, 9.17) is 9.90 Å². The molecule has 0 unspecified atom stereocenters. The second kappa shape index (κ2) is 32.8. The normalized spacial score (nSPS) is 2.40. The van der Waals surface area contributed by atoms with Crippen LogP contribution in [0, 0.1) is 0 Å². The Balaban J connectivity index is -0.0000000200. The van der Waals surface area contributed by atoms with Crippen LogP contribution in [0.15, 0.2) is 0 Å². The molecular formula is CH5NO2Pd. The predicted molar refractivity (Wildman–Crippen MR) is 12.0 cm³/mol. The van der Waals surface area contributed by atoms with Gasteiger partial charge in [-0.15, -0.1) is 0 Å². The maximum Gasteiger partial charge on any atom is 0.0275 e. The number of quaternary nitrogens is 1. The fraction of sp³-hybridized carbons (Fsp3) is 0. The molecule has 0 rings (SSSR count). The van der Waals surface area contributed by atoms with Crippen LogP contribution >= 0.6 is 0 Å². The number of rotatable bonds is 0. The molecule has 4 heteroatoms. The molecule has 0 aromatic rings.